The number of likely N-dealkylation sites (N-methyl/N-ethyl adjacent to an activating group) is 1. The smallest absolute Gasteiger partial charge is 0.309 e. The third kappa shape index (κ3) is 4.94. The molecule has 2 fully saturated rings. The molecule has 0 aromatic rings. The Kier molecular flexibility index (Phi) is 8.06. The first-order valence-electron chi connectivity index (χ1n) is 9.41. The van der Waals surface area contributed by atoms with Gasteiger partial charge in [0.15, 0.2) is 0 Å². The Hall–Kier alpha value is -0.0900. The van der Waals surface area contributed by atoms with Gasteiger partial charge in [-0.05, 0) is 39.0 Å². The summed E-state index contributed by atoms with van der Waals surface area (Å²) in [4.78, 5) is 12.5. The minimum Gasteiger partial charge on any atom is -1.00 e. The van der Waals surface area contributed by atoms with Crippen LogP contribution in [0.4, 0.5) is 0 Å². The van der Waals surface area contributed by atoms with Crippen molar-refractivity contribution in [3.63, 3.8) is 0 Å². The van der Waals surface area contributed by atoms with Gasteiger partial charge in [0.1, 0.15) is 13.2 Å². The predicted octanol–water partition coefficient (Wildman–Crippen LogP) is 1.16. The molecule has 0 aromatic heterocycles. The molecule has 0 spiro atoms. The second kappa shape index (κ2) is 8.84. The fourth-order valence-electron chi connectivity index (χ4n) is 4.52. The number of carbonyl (C=O) groups is 1. The lowest BCUT2D eigenvalue weighted by molar-refractivity contribution is -0.942. The minimum atomic E-state index is 0. The molecule has 1 aliphatic heterocycles. The number of hydrogen-bond donors (Lipinski definition) is 0. The molecule has 1 saturated carbocycles. The van der Waals surface area contributed by atoms with E-state index in [0.29, 0.717) is 18.1 Å². The minimum absolute atomic E-state index is 0. The Morgan fingerprint density at radius 3 is 2.43 bits per heavy atom. The number of esters is 1. The molecule has 1 saturated heterocycles. The third-order valence-electron chi connectivity index (χ3n) is 6.60. The average molecular weight is 390 g/mol. The fraction of sp³-hybridized carbons (Fsp3) is 0.947. The molecule has 0 amide bonds. The maximum atomic E-state index is 12.5. The predicted molar refractivity (Wildman–Crippen MR) is 90.5 cm³/mol. The summed E-state index contributed by atoms with van der Waals surface area (Å²) in [6, 6.07) is 0. The van der Waals surface area contributed by atoms with Crippen LogP contribution in [0.5, 0.6) is 0 Å². The number of halogens is 1. The van der Waals surface area contributed by atoms with Gasteiger partial charge >= 0.3 is 5.97 Å². The Labute approximate surface area is 153 Å². The van der Waals surface area contributed by atoms with Crippen LogP contribution >= 0.6 is 0 Å². The van der Waals surface area contributed by atoms with Gasteiger partial charge < -0.3 is 26.2 Å². The van der Waals surface area contributed by atoms with Crippen molar-refractivity contribution in [3.05, 3.63) is 0 Å². The van der Waals surface area contributed by atoms with Crippen LogP contribution in [0, 0.1) is 11.8 Å². The first-order chi connectivity index (χ1) is 10.4. The summed E-state index contributed by atoms with van der Waals surface area (Å²) in [5.41, 5.74) is 0.320. The van der Waals surface area contributed by atoms with E-state index in [-0.39, 0.29) is 28.9 Å². The highest BCUT2D eigenvalue weighted by Crippen LogP contribution is 2.36. The maximum absolute atomic E-state index is 12.5. The molecule has 3 nitrogen and oxygen atoms in total. The van der Waals surface area contributed by atoms with E-state index >= 15 is 0 Å². The zero-order valence-electron chi connectivity index (χ0n) is 15.6. The molecule has 0 bridgehead atoms. The molecule has 2 rings (SSSR count). The number of ether oxygens (including phenoxy) is 1. The molecule has 0 aromatic carbocycles. The van der Waals surface area contributed by atoms with Gasteiger partial charge in [0.25, 0.3) is 0 Å². The van der Waals surface area contributed by atoms with E-state index in [9.17, 15) is 4.79 Å². The van der Waals surface area contributed by atoms with Crippen molar-refractivity contribution >= 4 is 5.97 Å². The van der Waals surface area contributed by atoms with Crippen LogP contribution in [0.25, 0.3) is 0 Å². The Morgan fingerprint density at radius 1 is 1.26 bits per heavy atom. The van der Waals surface area contributed by atoms with E-state index in [4.69, 9.17) is 4.74 Å². The van der Waals surface area contributed by atoms with Crippen LogP contribution in [0.15, 0.2) is 0 Å². The zero-order chi connectivity index (χ0) is 16.2. The highest BCUT2D eigenvalue weighted by atomic mass is 79.9. The molecule has 2 unspecified atom stereocenters. The van der Waals surface area contributed by atoms with E-state index in [1.807, 2.05) is 0 Å². The van der Waals surface area contributed by atoms with E-state index in [1.54, 1.807) is 0 Å². The van der Waals surface area contributed by atoms with Crippen molar-refractivity contribution in [2.45, 2.75) is 77.7 Å². The van der Waals surface area contributed by atoms with Crippen molar-refractivity contribution in [3.8, 4) is 0 Å². The number of hydrogen-bond acceptors (Lipinski definition) is 2. The van der Waals surface area contributed by atoms with Gasteiger partial charge in [0.2, 0.25) is 0 Å². The monoisotopic (exact) mass is 389 g/mol. The van der Waals surface area contributed by atoms with Gasteiger partial charge in [-0.25, -0.2) is 0 Å². The van der Waals surface area contributed by atoms with Crippen molar-refractivity contribution < 1.29 is 31.0 Å². The molecule has 1 aliphatic carbocycles. The topological polar surface area (TPSA) is 26.3 Å². The molecule has 1 heterocycles. The van der Waals surface area contributed by atoms with E-state index in [2.05, 4.69) is 27.8 Å². The SMILES string of the molecule is CCCC(C(=O)OCC[N+]1(C)CCCC1(C)C)C1CCCC1.[Br-]. The molecule has 4 heteroatoms. The van der Waals surface area contributed by atoms with Crippen LogP contribution in [-0.2, 0) is 9.53 Å². The summed E-state index contributed by atoms with van der Waals surface area (Å²) >= 11 is 0. The van der Waals surface area contributed by atoms with Crippen LogP contribution in [0.2, 0.25) is 0 Å². The van der Waals surface area contributed by atoms with Crippen molar-refractivity contribution in [2.75, 3.05) is 26.7 Å². The first kappa shape index (κ1) is 21.0. The highest BCUT2D eigenvalue weighted by Gasteiger charge is 2.44. The molecule has 2 aliphatic rings. The summed E-state index contributed by atoms with van der Waals surface area (Å²) < 4.78 is 6.78. The Morgan fingerprint density at radius 2 is 1.91 bits per heavy atom. The molecule has 136 valence electrons. The van der Waals surface area contributed by atoms with Crippen molar-refractivity contribution in [1.82, 2.24) is 0 Å². The standard InChI is InChI=1S/C19H36NO2.BrH/c1-5-9-17(16-10-6-7-11-16)18(21)22-15-14-20(4)13-8-12-19(20,2)3;/h16-17H,5-15H2,1-4H3;1H/q+1;/p-1. The molecule has 23 heavy (non-hydrogen) atoms. The van der Waals surface area contributed by atoms with Gasteiger partial charge in [0.05, 0.1) is 25.0 Å². The van der Waals surface area contributed by atoms with E-state index < -0.39 is 0 Å². The first-order valence-corrected chi connectivity index (χ1v) is 9.41. The third-order valence-corrected chi connectivity index (χ3v) is 6.60. The van der Waals surface area contributed by atoms with E-state index in [1.165, 1.54) is 45.1 Å². The number of carbonyl (C=O) groups excluding carboxylic acids is 1. The lowest BCUT2D eigenvalue weighted by atomic mass is 9.87. The summed E-state index contributed by atoms with van der Waals surface area (Å²) in [6.45, 7) is 9.63. The van der Waals surface area contributed by atoms with Crippen LogP contribution in [-0.4, -0.2) is 42.7 Å². The highest BCUT2D eigenvalue weighted by molar-refractivity contribution is 5.72. The number of quaternary nitrogens is 1. The molecule has 0 radical (unpaired) electrons. The van der Waals surface area contributed by atoms with Crippen LogP contribution < -0.4 is 17.0 Å². The van der Waals surface area contributed by atoms with Crippen LogP contribution in [0.1, 0.15) is 72.1 Å². The van der Waals surface area contributed by atoms with E-state index in [0.717, 1.165) is 23.9 Å². The zero-order valence-corrected chi connectivity index (χ0v) is 17.2. The number of likely N-dealkylation sites (tertiary alicyclic amines) is 1. The van der Waals surface area contributed by atoms with Crippen molar-refractivity contribution in [1.29, 1.82) is 0 Å². The van der Waals surface area contributed by atoms with Gasteiger partial charge in [-0.15, -0.1) is 0 Å². The van der Waals surface area contributed by atoms with Gasteiger partial charge in [-0.1, -0.05) is 26.2 Å². The van der Waals surface area contributed by atoms with Gasteiger partial charge in [-0.3, -0.25) is 4.79 Å². The molecular formula is C19H36BrNO2. The largest absolute Gasteiger partial charge is 1.00 e. The molecule has 2 atom stereocenters. The lowest BCUT2D eigenvalue weighted by Gasteiger charge is -2.42. The quantitative estimate of drug-likeness (QED) is 0.482. The Balaban J connectivity index is 0.00000264. The second-order valence-electron chi connectivity index (χ2n) is 8.37. The van der Waals surface area contributed by atoms with Gasteiger partial charge in [-0.2, -0.15) is 0 Å². The molecular weight excluding hydrogens is 354 g/mol. The summed E-state index contributed by atoms with van der Waals surface area (Å²) in [5.74, 6) is 0.821. The maximum Gasteiger partial charge on any atom is 0.309 e. The summed E-state index contributed by atoms with van der Waals surface area (Å²) in [5, 5.41) is 0. The molecule has 0 N–H and O–H groups in total. The fourth-order valence-corrected chi connectivity index (χ4v) is 4.52. The van der Waals surface area contributed by atoms with Gasteiger partial charge in [0, 0.05) is 12.8 Å². The lowest BCUT2D eigenvalue weighted by Crippen LogP contribution is -3.00. The number of rotatable bonds is 7. The average Bonchev–Trinajstić information content (AvgIpc) is 3.05. The number of nitrogens with zero attached hydrogens (tertiary/aromatic N) is 1. The summed E-state index contributed by atoms with van der Waals surface area (Å²) in [7, 11) is 2.32. The van der Waals surface area contributed by atoms with Crippen LogP contribution in [0.3, 0.4) is 0 Å². The Bertz CT molecular complexity index is 380. The summed E-state index contributed by atoms with van der Waals surface area (Å²) in [6.07, 6.45) is 9.68. The normalized spacial score (nSPS) is 28.3. The second-order valence-corrected chi connectivity index (χ2v) is 8.37. The van der Waals surface area contributed by atoms with Crippen molar-refractivity contribution in [2.24, 2.45) is 11.8 Å².